The number of amides is 1. The van der Waals surface area contributed by atoms with E-state index in [1.807, 2.05) is 57.8 Å². The van der Waals surface area contributed by atoms with Crippen LogP contribution in [0.4, 0.5) is 10.6 Å². The standard InChI is InChI=1S/C32H45ClN8O3Si/c1-19-29(41-21-9-10-22(41)16-20(15-21)35-31(42)44-32(2,3)4)36-30-28(34-19)27(38-40(30)18-43-13-14-45(6,7)8)23-11-12-25-24(26(23)33)17-39(5)37-25/h11-12,17,20-22H,9-10,13-16,18H2,1-8H3,(H,35,42)/t20-,21-,22+. The Morgan fingerprint density at radius 1 is 1.11 bits per heavy atom. The fourth-order valence-corrected chi connectivity index (χ4v) is 7.63. The summed E-state index contributed by atoms with van der Waals surface area (Å²) in [5.41, 5.74) is 3.99. The number of alkyl carbamates (subject to hydrolysis) is 1. The summed E-state index contributed by atoms with van der Waals surface area (Å²) in [6.45, 7) is 15.6. The number of hydrogen-bond donors (Lipinski definition) is 1. The Bertz CT molecular complexity index is 1730. The Hall–Kier alpha value is -3.22. The molecule has 0 saturated carbocycles. The first kappa shape index (κ1) is 31.7. The molecule has 2 bridgehead atoms. The fourth-order valence-electron chi connectivity index (χ4n) is 6.58. The van der Waals surface area contributed by atoms with E-state index in [1.54, 1.807) is 4.68 Å². The average molecular weight is 653 g/mol. The molecule has 242 valence electrons. The van der Waals surface area contributed by atoms with Gasteiger partial charge >= 0.3 is 6.09 Å². The number of nitrogens with zero attached hydrogens (tertiary/aromatic N) is 7. The Morgan fingerprint density at radius 3 is 2.49 bits per heavy atom. The number of benzene rings is 1. The van der Waals surface area contributed by atoms with Gasteiger partial charge in [0.05, 0.1) is 16.2 Å². The molecule has 13 heteroatoms. The molecule has 0 radical (unpaired) electrons. The van der Waals surface area contributed by atoms with Gasteiger partial charge in [-0.25, -0.2) is 19.4 Å². The lowest BCUT2D eigenvalue weighted by atomic mass is 9.97. The van der Waals surface area contributed by atoms with Gasteiger partial charge in [-0.1, -0.05) is 31.2 Å². The van der Waals surface area contributed by atoms with Crippen molar-refractivity contribution in [3.63, 3.8) is 0 Å². The van der Waals surface area contributed by atoms with Gasteiger partial charge in [-0.15, -0.1) is 0 Å². The second kappa shape index (κ2) is 11.9. The molecular formula is C32H45ClN8O3Si. The van der Waals surface area contributed by atoms with Gasteiger partial charge in [0.2, 0.25) is 0 Å². The number of ether oxygens (including phenoxy) is 2. The molecule has 0 spiro atoms. The summed E-state index contributed by atoms with van der Waals surface area (Å²) < 4.78 is 15.3. The van der Waals surface area contributed by atoms with Gasteiger partial charge in [-0.2, -0.15) is 10.2 Å². The van der Waals surface area contributed by atoms with E-state index in [0.717, 1.165) is 59.7 Å². The molecule has 3 atom stereocenters. The van der Waals surface area contributed by atoms with Crippen molar-refractivity contribution in [2.24, 2.45) is 7.05 Å². The van der Waals surface area contributed by atoms with Crippen LogP contribution in [0.1, 0.15) is 52.1 Å². The Balaban J connectivity index is 1.34. The Labute approximate surface area is 270 Å². The van der Waals surface area contributed by atoms with E-state index in [0.29, 0.717) is 28.5 Å². The van der Waals surface area contributed by atoms with Crippen LogP contribution in [0.15, 0.2) is 18.3 Å². The molecule has 45 heavy (non-hydrogen) atoms. The van der Waals surface area contributed by atoms with Gasteiger partial charge in [0.25, 0.3) is 0 Å². The molecule has 2 fully saturated rings. The van der Waals surface area contributed by atoms with Crippen LogP contribution >= 0.6 is 11.6 Å². The third-order valence-electron chi connectivity index (χ3n) is 8.62. The number of anilines is 1. The predicted molar refractivity (Wildman–Crippen MR) is 181 cm³/mol. The van der Waals surface area contributed by atoms with E-state index >= 15 is 0 Å². The van der Waals surface area contributed by atoms with Crippen molar-refractivity contribution in [2.45, 2.75) is 110 Å². The van der Waals surface area contributed by atoms with Crippen LogP contribution in [0.5, 0.6) is 0 Å². The number of hydrogen-bond acceptors (Lipinski definition) is 8. The maximum atomic E-state index is 12.5. The van der Waals surface area contributed by atoms with Gasteiger partial charge < -0.3 is 19.7 Å². The molecule has 6 rings (SSSR count). The number of rotatable bonds is 8. The summed E-state index contributed by atoms with van der Waals surface area (Å²) in [6, 6.07) is 5.55. The summed E-state index contributed by atoms with van der Waals surface area (Å²) in [6.07, 6.45) is 5.32. The molecule has 1 N–H and O–H groups in total. The van der Waals surface area contributed by atoms with Crippen molar-refractivity contribution in [3.8, 4) is 11.3 Å². The maximum Gasteiger partial charge on any atom is 0.407 e. The number of aryl methyl sites for hydroxylation is 2. The monoisotopic (exact) mass is 652 g/mol. The summed E-state index contributed by atoms with van der Waals surface area (Å²) in [4.78, 5) is 25.4. The number of piperidine rings is 1. The second-order valence-electron chi connectivity index (χ2n) is 14.8. The van der Waals surface area contributed by atoms with E-state index in [2.05, 4.69) is 35.0 Å². The lowest BCUT2D eigenvalue weighted by Gasteiger charge is -2.40. The summed E-state index contributed by atoms with van der Waals surface area (Å²) in [7, 11) is 0.634. The average Bonchev–Trinajstić information content (AvgIpc) is 3.55. The van der Waals surface area contributed by atoms with Gasteiger partial charge in [0.1, 0.15) is 23.5 Å². The van der Waals surface area contributed by atoms with Crippen molar-refractivity contribution in [1.29, 1.82) is 0 Å². The van der Waals surface area contributed by atoms with Crippen molar-refractivity contribution in [1.82, 2.24) is 34.8 Å². The predicted octanol–water partition coefficient (Wildman–Crippen LogP) is 6.68. The molecular weight excluding hydrogens is 608 g/mol. The van der Waals surface area contributed by atoms with E-state index in [9.17, 15) is 4.79 Å². The largest absolute Gasteiger partial charge is 0.444 e. The Morgan fingerprint density at radius 2 is 1.82 bits per heavy atom. The van der Waals surface area contributed by atoms with Crippen molar-refractivity contribution in [2.75, 3.05) is 11.5 Å². The molecule has 1 aromatic carbocycles. The zero-order valence-electron chi connectivity index (χ0n) is 27.6. The van der Waals surface area contributed by atoms with Gasteiger partial charge in [0.15, 0.2) is 11.5 Å². The topological polar surface area (TPSA) is 112 Å². The number of carbonyl (C=O) groups excluding carboxylic acids is 1. The van der Waals surface area contributed by atoms with Crippen LogP contribution in [0.2, 0.25) is 30.7 Å². The molecule has 0 aliphatic carbocycles. The van der Waals surface area contributed by atoms with Crippen LogP contribution in [0.3, 0.4) is 0 Å². The summed E-state index contributed by atoms with van der Waals surface area (Å²) in [5, 5.41) is 14.1. The first-order valence-electron chi connectivity index (χ1n) is 15.9. The van der Waals surface area contributed by atoms with Crippen LogP contribution in [0.25, 0.3) is 33.3 Å². The van der Waals surface area contributed by atoms with Crippen LogP contribution in [-0.2, 0) is 23.3 Å². The molecule has 0 unspecified atom stereocenters. The highest BCUT2D eigenvalue weighted by Gasteiger charge is 2.43. The summed E-state index contributed by atoms with van der Waals surface area (Å²) in [5.74, 6) is 0.870. The number of nitrogens with one attached hydrogen (secondary N) is 1. The number of carbonyl (C=O) groups is 1. The van der Waals surface area contributed by atoms with Crippen molar-refractivity contribution < 1.29 is 14.3 Å². The normalized spacial score (nSPS) is 20.4. The van der Waals surface area contributed by atoms with Crippen LogP contribution < -0.4 is 10.2 Å². The summed E-state index contributed by atoms with van der Waals surface area (Å²) >= 11 is 6.98. The number of fused-ring (bicyclic) bond motifs is 4. The van der Waals surface area contributed by atoms with Crippen molar-refractivity contribution >= 4 is 53.7 Å². The molecule has 4 aromatic rings. The highest BCUT2D eigenvalue weighted by atomic mass is 35.5. The Kier molecular flexibility index (Phi) is 8.36. The highest BCUT2D eigenvalue weighted by Crippen LogP contribution is 2.42. The lowest BCUT2D eigenvalue weighted by Crippen LogP contribution is -2.51. The first-order valence-corrected chi connectivity index (χ1v) is 20.0. The second-order valence-corrected chi connectivity index (χ2v) is 20.8. The van der Waals surface area contributed by atoms with Crippen LogP contribution in [0, 0.1) is 6.92 Å². The fraction of sp³-hybridized carbons (Fsp3) is 0.594. The molecule has 1 amide bonds. The SMILES string of the molecule is Cc1nc2c(-c3ccc4nn(C)cc4c3Cl)nn(COCC[Si](C)(C)C)c2nc1N1[C@@H]2CC[C@H]1C[C@H](NC(=O)OC(C)(C)C)C2. The van der Waals surface area contributed by atoms with Crippen LogP contribution in [-0.4, -0.2) is 74.0 Å². The first-order chi connectivity index (χ1) is 21.2. The van der Waals surface area contributed by atoms with Gasteiger partial charge in [0, 0.05) is 57.0 Å². The van der Waals surface area contributed by atoms with Crippen molar-refractivity contribution in [3.05, 3.63) is 29.0 Å². The molecule has 2 saturated heterocycles. The van der Waals surface area contributed by atoms with E-state index in [4.69, 9.17) is 36.1 Å². The zero-order chi connectivity index (χ0) is 32.3. The lowest BCUT2D eigenvalue weighted by molar-refractivity contribution is 0.0492. The molecule has 5 heterocycles. The van der Waals surface area contributed by atoms with E-state index in [1.165, 1.54) is 0 Å². The molecule has 3 aromatic heterocycles. The third-order valence-corrected chi connectivity index (χ3v) is 10.7. The van der Waals surface area contributed by atoms with E-state index < -0.39 is 13.7 Å². The molecule has 11 nitrogen and oxygen atoms in total. The van der Waals surface area contributed by atoms with Gasteiger partial charge in [-0.05, 0) is 71.6 Å². The minimum atomic E-state index is -1.25. The number of halogens is 1. The molecule has 2 aliphatic rings. The molecule has 2 aliphatic heterocycles. The minimum absolute atomic E-state index is 0.0621. The van der Waals surface area contributed by atoms with Gasteiger partial charge in [-0.3, -0.25) is 4.68 Å². The van der Waals surface area contributed by atoms with E-state index in [-0.39, 0.29) is 30.9 Å². The smallest absolute Gasteiger partial charge is 0.407 e. The zero-order valence-corrected chi connectivity index (χ0v) is 29.4. The quantitative estimate of drug-likeness (QED) is 0.166. The maximum absolute atomic E-state index is 12.5. The highest BCUT2D eigenvalue weighted by molar-refractivity contribution is 6.76. The third kappa shape index (κ3) is 6.68. The number of aromatic nitrogens is 6. The minimum Gasteiger partial charge on any atom is -0.444 e.